The quantitative estimate of drug-likeness (QED) is 0.727. The van der Waals surface area contributed by atoms with Crippen LogP contribution < -0.4 is 5.69 Å². The van der Waals surface area contributed by atoms with E-state index in [9.17, 15) is 9.59 Å². The summed E-state index contributed by atoms with van der Waals surface area (Å²) in [7, 11) is 0. The molecule has 1 fully saturated rings. The van der Waals surface area contributed by atoms with Gasteiger partial charge in [0, 0.05) is 25.1 Å². The van der Waals surface area contributed by atoms with Crippen molar-refractivity contribution in [1.29, 1.82) is 5.26 Å². The minimum absolute atomic E-state index is 0.00507. The number of carbonyl (C=O) groups excluding carboxylic acids is 1. The van der Waals surface area contributed by atoms with Crippen LogP contribution in [-0.4, -0.2) is 38.7 Å². The molecule has 152 valence electrons. The molecule has 1 aliphatic heterocycles. The predicted molar refractivity (Wildman–Crippen MR) is 112 cm³/mol. The van der Waals surface area contributed by atoms with E-state index in [-0.39, 0.29) is 11.6 Å². The summed E-state index contributed by atoms with van der Waals surface area (Å²) in [6.07, 6.45) is 2.40. The van der Waals surface area contributed by atoms with Crippen molar-refractivity contribution < 1.29 is 4.79 Å². The zero-order chi connectivity index (χ0) is 21.1. The number of nitrogens with zero attached hydrogens (tertiary/aromatic N) is 4. The Morgan fingerprint density at radius 1 is 1.17 bits per heavy atom. The molecule has 0 radical (unpaired) electrons. The van der Waals surface area contributed by atoms with Gasteiger partial charge in [-0.25, -0.2) is 14.5 Å². The molecule has 0 atom stereocenters. The summed E-state index contributed by atoms with van der Waals surface area (Å²) < 4.78 is 1.66. The van der Waals surface area contributed by atoms with Crippen molar-refractivity contribution in [3.8, 4) is 11.8 Å². The number of amides is 1. The average Bonchev–Trinajstić information content (AvgIpc) is 3.14. The fraction of sp³-hybridized carbons (Fsp3) is 0.304. The molecular weight excluding hydrogens is 378 g/mol. The number of aromatic amines is 1. The summed E-state index contributed by atoms with van der Waals surface area (Å²) in [5.41, 5.74) is 2.79. The molecule has 2 heterocycles. The van der Waals surface area contributed by atoms with Gasteiger partial charge in [0.05, 0.1) is 17.3 Å². The molecule has 7 nitrogen and oxygen atoms in total. The van der Waals surface area contributed by atoms with Crippen LogP contribution in [0.5, 0.6) is 0 Å². The average molecular weight is 401 g/mol. The highest BCUT2D eigenvalue weighted by Gasteiger charge is 2.25. The molecule has 0 aliphatic carbocycles. The van der Waals surface area contributed by atoms with Crippen LogP contribution in [0.2, 0.25) is 0 Å². The Kier molecular flexibility index (Phi) is 5.48. The van der Waals surface area contributed by atoms with Crippen molar-refractivity contribution in [3.63, 3.8) is 0 Å². The highest BCUT2D eigenvalue weighted by molar-refractivity contribution is 5.94. The van der Waals surface area contributed by atoms with Gasteiger partial charge in [-0.2, -0.15) is 10.4 Å². The Hall–Kier alpha value is -3.66. The molecule has 30 heavy (non-hydrogen) atoms. The van der Waals surface area contributed by atoms with Crippen LogP contribution in [0, 0.1) is 24.2 Å². The molecule has 1 N–H and O–H groups in total. The third-order valence-electron chi connectivity index (χ3n) is 5.73. The van der Waals surface area contributed by atoms with Crippen molar-refractivity contribution in [2.24, 2.45) is 5.92 Å². The molecule has 3 aromatic rings. The Morgan fingerprint density at radius 3 is 2.53 bits per heavy atom. The van der Waals surface area contributed by atoms with Gasteiger partial charge < -0.3 is 4.90 Å². The van der Waals surface area contributed by atoms with E-state index in [2.05, 4.69) is 16.3 Å². The molecule has 0 unspecified atom stereocenters. The first kappa shape index (κ1) is 19.6. The molecule has 4 rings (SSSR count). The lowest BCUT2D eigenvalue weighted by atomic mass is 9.92. The number of rotatable bonds is 4. The molecule has 1 amide bonds. The summed E-state index contributed by atoms with van der Waals surface area (Å²) in [5.74, 6) is 1.08. The minimum Gasteiger partial charge on any atom is -0.339 e. The molecule has 7 heteroatoms. The lowest BCUT2D eigenvalue weighted by Gasteiger charge is -2.32. The number of nitrogens with one attached hydrogen (secondary N) is 1. The highest BCUT2D eigenvalue weighted by atomic mass is 16.2. The molecule has 0 bridgehead atoms. The standard InChI is InChI=1S/C23H23N5O2/c1-16-4-2-3-5-20(16)28-21(25-26-23(28)30)14-17-10-12-27(13-11-17)22(29)19-8-6-18(15-24)7-9-19/h2-9,17H,10-14H2,1H3,(H,26,30). The Balaban J connectivity index is 1.42. The van der Waals surface area contributed by atoms with Crippen LogP contribution in [0.15, 0.2) is 53.3 Å². The lowest BCUT2D eigenvalue weighted by Crippen LogP contribution is -2.39. The van der Waals surface area contributed by atoms with Crippen LogP contribution in [0.1, 0.15) is 40.2 Å². The molecule has 1 aromatic heterocycles. The minimum atomic E-state index is -0.229. The first-order valence-corrected chi connectivity index (χ1v) is 10.1. The van der Waals surface area contributed by atoms with Crippen LogP contribution in [0.3, 0.4) is 0 Å². The van der Waals surface area contributed by atoms with Gasteiger partial charge in [0.2, 0.25) is 0 Å². The number of benzene rings is 2. The Labute approximate surface area is 174 Å². The first-order valence-electron chi connectivity index (χ1n) is 10.1. The number of aryl methyl sites for hydroxylation is 1. The SMILES string of the molecule is Cc1ccccc1-n1c(CC2CCN(C(=O)c3ccc(C#N)cc3)CC2)n[nH]c1=O. The number of H-pyrrole nitrogens is 1. The number of likely N-dealkylation sites (tertiary alicyclic amines) is 1. The monoisotopic (exact) mass is 401 g/mol. The van der Waals surface area contributed by atoms with Gasteiger partial charge in [0.15, 0.2) is 0 Å². The maximum Gasteiger partial charge on any atom is 0.347 e. The summed E-state index contributed by atoms with van der Waals surface area (Å²) in [4.78, 5) is 26.9. The van der Waals surface area contributed by atoms with Gasteiger partial charge in [-0.3, -0.25) is 4.79 Å². The number of para-hydroxylation sites is 1. The van der Waals surface area contributed by atoms with Crippen LogP contribution >= 0.6 is 0 Å². The van der Waals surface area contributed by atoms with E-state index >= 15 is 0 Å². The second kappa shape index (κ2) is 8.37. The Morgan fingerprint density at radius 2 is 1.87 bits per heavy atom. The number of carbonyl (C=O) groups is 1. The zero-order valence-electron chi connectivity index (χ0n) is 16.8. The maximum atomic E-state index is 12.7. The van der Waals surface area contributed by atoms with E-state index in [1.54, 1.807) is 28.8 Å². The van der Waals surface area contributed by atoms with Crippen LogP contribution in [0.25, 0.3) is 5.69 Å². The van der Waals surface area contributed by atoms with E-state index in [0.29, 0.717) is 36.6 Å². The van der Waals surface area contributed by atoms with Crippen molar-refractivity contribution in [2.45, 2.75) is 26.2 Å². The number of hydrogen-bond acceptors (Lipinski definition) is 4. The highest BCUT2D eigenvalue weighted by Crippen LogP contribution is 2.23. The van der Waals surface area contributed by atoms with Gasteiger partial charge in [-0.15, -0.1) is 0 Å². The van der Waals surface area contributed by atoms with Gasteiger partial charge in [0.25, 0.3) is 5.91 Å². The van der Waals surface area contributed by atoms with Crippen LogP contribution in [0.4, 0.5) is 0 Å². The molecule has 1 aliphatic rings. The van der Waals surface area contributed by atoms with Crippen molar-refractivity contribution in [1.82, 2.24) is 19.7 Å². The van der Waals surface area contributed by atoms with Crippen LogP contribution in [-0.2, 0) is 6.42 Å². The third-order valence-corrected chi connectivity index (χ3v) is 5.73. The topological polar surface area (TPSA) is 94.8 Å². The van der Waals surface area contributed by atoms with Gasteiger partial charge in [-0.1, -0.05) is 18.2 Å². The van der Waals surface area contributed by atoms with Crippen molar-refractivity contribution >= 4 is 5.91 Å². The largest absolute Gasteiger partial charge is 0.347 e. The second-order valence-electron chi connectivity index (χ2n) is 7.70. The number of nitriles is 1. The van der Waals surface area contributed by atoms with Crippen molar-refractivity contribution in [2.75, 3.05) is 13.1 Å². The fourth-order valence-corrected chi connectivity index (χ4v) is 4.00. The number of hydrogen-bond donors (Lipinski definition) is 1. The smallest absolute Gasteiger partial charge is 0.339 e. The normalized spacial score (nSPS) is 14.5. The zero-order valence-corrected chi connectivity index (χ0v) is 16.8. The lowest BCUT2D eigenvalue weighted by molar-refractivity contribution is 0.0689. The predicted octanol–water partition coefficient (Wildman–Crippen LogP) is 2.84. The molecule has 1 saturated heterocycles. The van der Waals surface area contributed by atoms with E-state index in [1.165, 1.54) is 0 Å². The Bertz CT molecular complexity index is 1150. The number of aromatic nitrogens is 3. The number of piperidine rings is 1. The van der Waals surface area contributed by atoms with E-state index in [1.807, 2.05) is 36.1 Å². The molecule has 0 spiro atoms. The summed E-state index contributed by atoms with van der Waals surface area (Å²) >= 11 is 0. The fourth-order valence-electron chi connectivity index (χ4n) is 4.00. The van der Waals surface area contributed by atoms with Crippen molar-refractivity contribution in [3.05, 3.63) is 81.5 Å². The van der Waals surface area contributed by atoms with Gasteiger partial charge in [-0.05, 0) is 61.6 Å². The second-order valence-corrected chi connectivity index (χ2v) is 7.70. The van der Waals surface area contributed by atoms with E-state index in [4.69, 9.17) is 5.26 Å². The molecular formula is C23H23N5O2. The maximum absolute atomic E-state index is 12.7. The summed E-state index contributed by atoms with van der Waals surface area (Å²) in [6, 6.07) is 16.6. The third kappa shape index (κ3) is 3.90. The summed E-state index contributed by atoms with van der Waals surface area (Å²) in [6.45, 7) is 3.32. The summed E-state index contributed by atoms with van der Waals surface area (Å²) in [5, 5.41) is 15.7. The van der Waals surface area contributed by atoms with E-state index < -0.39 is 0 Å². The van der Waals surface area contributed by atoms with Gasteiger partial charge in [0.1, 0.15) is 5.82 Å². The molecule has 0 saturated carbocycles. The van der Waals surface area contributed by atoms with Gasteiger partial charge >= 0.3 is 5.69 Å². The molecule has 2 aromatic carbocycles. The first-order chi connectivity index (χ1) is 14.6. The van der Waals surface area contributed by atoms with E-state index in [0.717, 1.165) is 29.9 Å².